The number of hydrogen-bond donors (Lipinski definition) is 1. The third-order valence-corrected chi connectivity index (χ3v) is 9.36. The summed E-state index contributed by atoms with van der Waals surface area (Å²) in [6.45, 7) is 7.20. The molecule has 5 heterocycles. The number of thiophene rings is 1. The molecule has 1 amide bonds. The van der Waals surface area contributed by atoms with E-state index in [1.807, 2.05) is 6.07 Å². The van der Waals surface area contributed by atoms with Crippen LogP contribution < -0.4 is 10.1 Å². The van der Waals surface area contributed by atoms with Crippen LogP contribution in [0.15, 0.2) is 12.4 Å². The highest BCUT2D eigenvalue weighted by Gasteiger charge is 2.47. The second kappa shape index (κ2) is 10.8. The van der Waals surface area contributed by atoms with Gasteiger partial charge in [0.05, 0.1) is 42.0 Å². The van der Waals surface area contributed by atoms with Gasteiger partial charge in [0, 0.05) is 47.6 Å². The van der Waals surface area contributed by atoms with Crippen molar-refractivity contribution in [1.82, 2.24) is 19.9 Å². The Bertz CT molecular complexity index is 1910. The molecule has 14 heteroatoms. The first-order valence-electron chi connectivity index (χ1n) is 14.5. The molecule has 1 saturated carbocycles. The monoisotopic (exact) mass is 638 g/mol. The topological polar surface area (TPSA) is 122 Å². The molecule has 0 bridgehead atoms. The van der Waals surface area contributed by atoms with Gasteiger partial charge in [-0.05, 0) is 44.7 Å². The van der Waals surface area contributed by atoms with Crippen LogP contribution in [0, 0.1) is 28.4 Å². The Kier molecular flexibility index (Phi) is 7.10. The number of carbonyl (C=O) groups is 1. The van der Waals surface area contributed by atoms with Crippen LogP contribution in [0.4, 0.5) is 23.0 Å². The van der Waals surface area contributed by atoms with Crippen molar-refractivity contribution in [2.75, 3.05) is 31.6 Å². The number of nitrogens with one attached hydrogen (secondary N) is 1. The number of benzene rings is 1. The van der Waals surface area contributed by atoms with Gasteiger partial charge in [0.1, 0.15) is 28.4 Å². The van der Waals surface area contributed by atoms with E-state index in [2.05, 4.69) is 25.2 Å². The molecule has 0 unspecified atom stereocenters. The van der Waals surface area contributed by atoms with Crippen LogP contribution in [0.1, 0.15) is 50.3 Å². The number of ether oxygens (including phenoxy) is 3. The Hall–Kier alpha value is -4.06. The summed E-state index contributed by atoms with van der Waals surface area (Å²) in [6, 6.07) is 2.03. The Balaban J connectivity index is 1.29. The minimum absolute atomic E-state index is 0.00113. The molecule has 2 aliphatic heterocycles. The number of halogens is 3. The van der Waals surface area contributed by atoms with Crippen molar-refractivity contribution < 1.29 is 32.2 Å². The number of pyridine rings is 1. The number of nitriles is 1. The summed E-state index contributed by atoms with van der Waals surface area (Å²) in [7, 11) is 0. The number of amides is 1. The van der Waals surface area contributed by atoms with E-state index in [4.69, 9.17) is 14.2 Å². The number of carbonyl (C=O) groups excluding carboxylic acids is 1. The second-order valence-corrected chi connectivity index (χ2v) is 13.9. The van der Waals surface area contributed by atoms with Crippen LogP contribution in [-0.4, -0.2) is 64.0 Å². The Labute approximate surface area is 260 Å². The van der Waals surface area contributed by atoms with E-state index < -0.39 is 29.5 Å². The number of fused-ring (bicyclic) bond motifs is 4. The van der Waals surface area contributed by atoms with Crippen LogP contribution in [0.5, 0.6) is 6.01 Å². The first-order valence-corrected chi connectivity index (χ1v) is 15.4. The standard InChI is InChI=1S/C31H29F3N6O4S/c1-30(2,3)44-29(41)39-27-16(6-35)22-25(36-8-20(33)26(22)45-27)21-19-12-42-11-18(19)17-7-37-28(38-24(17)23(21)34)43-14-31(4-5-31)13-40-9-15(32)10-40/h7-8,15H,4-5,9-14H2,1-3H3,(H,39,41). The summed E-state index contributed by atoms with van der Waals surface area (Å²) in [4.78, 5) is 27.6. The lowest BCUT2D eigenvalue weighted by Crippen LogP contribution is -2.51. The summed E-state index contributed by atoms with van der Waals surface area (Å²) < 4.78 is 62.1. The van der Waals surface area contributed by atoms with Gasteiger partial charge in [-0.1, -0.05) is 0 Å². The van der Waals surface area contributed by atoms with Crippen molar-refractivity contribution in [3.8, 4) is 23.3 Å². The maximum Gasteiger partial charge on any atom is 0.412 e. The lowest BCUT2D eigenvalue weighted by atomic mass is 9.94. The molecule has 3 aliphatic rings. The predicted octanol–water partition coefficient (Wildman–Crippen LogP) is 6.25. The van der Waals surface area contributed by atoms with Crippen molar-refractivity contribution in [3.63, 3.8) is 0 Å². The molecular formula is C31H29F3N6O4S. The number of nitrogens with zero attached hydrogens (tertiary/aromatic N) is 5. The van der Waals surface area contributed by atoms with Crippen LogP contribution in [-0.2, 0) is 22.7 Å². The Morgan fingerprint density at radius 3 is 2.67 bits per heavy atom. The highest BCUT2D eigenvalue weighted by Crippen LogP contribution is 2.48. The summed E-state index contributed by atoms with van der Waals surface area (Å²) in [5.41, 5.74) is 0.200. The normalized spacial score (nSPS) is 17.6. The van der Waals surface area contributed by atoms with Gasteiger partial charge in [-0.25, -0.2) is 22.9 Å². The lowest BCUT2D eigenvalue weighted by Gasteiger charge is -2.36. The predicted molar refractivity (Wildman–Crippen MR) is 160 cm³/mol. The largest absolute Gasteiger partial charge is 0.463 e. The summed E-state index contributed by atoms with van der Waals surface area (Å²) in [5, 5.41) is 13.2. The molecule has 234 valence electrons. The highest BCUT2D eigenvalue weighted by molar-refractivity contribution is 7.23. The zero-order valence-corrected chi connectivity index (χ0v) is 25.6. The van der Waals surface area contributed by atoms with Gasteiger partial charge >= 0.3 is 12.1 Å². The van der Waals surface area contributed by atoms with Crippen molar-refractivity contribution in [2.24, 2.45) is 5.41 Å². The Morgan fingerprint density at radius 2 is 1.98 bits per heavy atom. The van der Waals surface area contributed by atoms with E-state index >= 15 is 8.78 Å². The van der Waals surface area contributed by atoms with E-state index in [9.17, 15) is 14.4 Å². The molecule has 0 atom stereocenters. The minimum Gasteiger partial charge on any atom is -0.463 e. The molecule has 45 heavy (non-hydrogen) atoms. The third kappa shape index (κ3) is 5.43. The molecule has 0 radical (unpaired) electrons. The third-order valence-electron chi connectivity index (χ3n) is 8.25. The molecule has 3 aromatic heterocycles. The van der Waals surface area contributed by atoms with Crippen LogP contribution in [0.3, 0.4) is 0 Å². The molecule has 7 rings (SSSR count). The molecule has 1 aromatic carbocycles. The number of anilines is 1. The van der Waals surface area contributed by atoms with E-state index in [0.29, 0.717) is 36.2 Å². The van der Waals surface area contributed by atoms with Crippen molar-refractivity contribution in [3.05, 3.63) is 40.7 Å². The molecule has 1 saturated heterocycles. The number of likely N-dealkylation sites (tertiary alicyclic amines) is 1. The van der Waals surface area contributed by atoms with Crippen LogP contribution in [0.2, 0.25) is 0 Å². The zero-order chi connectivity index (χ0) is 31.7. The number of alkyl halides is 1. The first-order chi connectivity index (χ1) is 21.4. The average molecular weight is 639 g/mol. The van der Waals surface area contributed by atoms with E-state index in [1.165, 1.54) is 6.20 Å². The fourth-order valence-electron chi connectivity index (χ4n) is 5.92. The maximum atomic E-state index is 16.7. The Morgan fingerprint density at radius 1 is 1.22 bits per heavy atom. The summed E-state index contributed by atoms with van der Waals surface area (Å²) in [5.74, 6) is -1.47. The summed E-state index contributed by atoms with van der Waals surface area (Å²) >= 11 is 0.835. The van der Waals surface area contributed by atoms with Crippen molar-refractivity contribution in [1.29, 1.82) is 5.26 Å². The molecule has 2 fully saturated rings. The molecule has 10 nitrogen and oxygen atoms in total. The van der Waals surface area contributed by atoms with Crippen LogP contribution in [0.25, 0.3) is 32.2 Å². The number of rotatable bonds is 7. The van der Waals surface area contributed by atoms with E-state index in [1.54, 1.807) is 20.8 Å². The van der Waals surface area contributed by atoms with Gasteiger partial charge in [-0.3, -0.25) is 15.2 Å². The average Bonchev–Trinajstić information content (AvgIpc) is 3.37. The lowest BCUT2D eigenvalue weighted by molar-refractivity contribution is 0.0370. The van der Waals surface area contributed by atoms with E-state index in [0.717, 1.165) is 36.9 Å². The van der Waals surface area contributed by atoms with Crippen LogP contribution >= 0.6 is 11.3 Å². The maximum absolute atomic E-state index is 16.7. The number of aromatic nitrogens is 3. The van der Waals surface area contributed by atoms with Gasteiger partial charge in [0.2, 0.25) is 0 Å². The molecular weight excluding hydrogens is 609 g/mol. The van der Waals surface area contributed by atoms with Gasteiger partial charge in [0.15, 0.2) is 11.6 Å². The fourth-order valence-corrected chi connectivity index (χ4v) is 6.96. The zero-order valence-electron chi connectivity index (χ0n) is 24.8. The van der Waals surface area contributed by atoms with Crippen molar-refractivity contribution >= 4 is 43.4 Å². The van der Waals surface area contributed by atoms with E-state index in [-0.39, 0.29) is 62.1 Å². The molecule has 1 aliphatic carbocycles. The minimum atomic E-state index is -0.819. The fraction of sp³-hybridized carbons (Fsp3) is 0.452. The van der Waals surface area contributed by atoms with Gasteiger partial charge in [0.25, 0.3) is 0 Å². The van der Waals surface area contributed by atoms with Gasteiger partial charge in [-0.2, -0.15) is 10.2 Å². The second-order valence-electron chi connectivity index (χ2n) is 12.8. The van der Waals surface area contributed by atoms with Gasteiger partial charge in [-0.15, -0.1) is 11.3 Å². The number of hydrogen-bond acceptors (Lipinski definition) is 10. The first kappa shape index (κ1) is 29.6. The highest BCUT2D eigenvalue weighted by atomic mass is 32.1. The SMILES string of the molecule is CC(C)(C)OC(=O)Nc1sc2c(F)cnc(-c3c4c(c5cnc(OCC6(CN7CC(F)C7)CC6)nc5c3F)COC4)c2c1C#N. The summed E-state index contributed by atoms with van der Waals surface area (Å²) in [6.07, 6.45) is 2.75. The van der Waals surface area contributed by atoms with Crippen molar-refractivity contribution in [2.45, 2.75) is 58.6 Å². The quantitative estimate of drug-likeness (QED) is 0.250. The molecule has 0 spiro atoms. The van der Waals surface area contributed by atoms with Gasteiger partial charge < -0.3 is 14.2 Å². The molecule has 1 N–H and O–H groups in total. The smallest absolute Gasteiger partial charge is 0.412 e. The molecule has 4 aromatic rings.